The minimum atomic E-state index is -3.95. The summed E-state index contributed by atoms with van der Waals surface area (Å²) in [6.45, 7) is 3.48. The molecule has 32 heavy (non-hydrogen) atoms. The SMILES string of the molecule is Cc1ccc(S(=O)(=O)N2C[C@H](C(=O)Nc3ccc(F)c(Cl)c3)Oc3cc(C)ccc32)cc1. The lowest BCUT2D eigenvalue weighted by molar-refractivity contribution is -0.122. The number of nitrogens with zero attached hydrogens (tertiary/aromatic N) is 1. The lowest BCUT2D eigenvalue weighted by Crippen LogP contribution is -2.48. The van der Waals surface area contributed by atoms with Crippen molar-refractivity contribution < 1.29 is 22.3 Å². The number of amides is 1. The van der Waals surface area contributed by atoms with Gasteiger partial charge in [0.25, 0.3) is 15.9 Å². The first-order valence-corrected chi connectivity index (χ1v) is 11.6. The zero-order chi connectivity index (χ0) is 23.0. The van der Waals surface area contributed by atoms with Gasteiger partial charge in [-0.15, -0.1) is 0 Å². The summed E-state index contributed by atoms with van der Waals surface area (Å²) in [5, 5.41) is 2.47. The van der Waals surface area contributed by atoms with Gasteiger partial charge < -0.3 is 10.1 Å². The van der Waals surface area contributed by atoms with Gasteiger partial charge in [-0.25, -0.2) is 12.8 Å². The minimum absolute atomic E-state index is 0.112. The smallest absolute Gasteiger partial charge is 0.267 e. The molecule has 1 N–H and O–H groups in total. The summed E-state index contributed by atoms with van der Waals surface area (Å²) >= 11 is 5.78. The molecule has 3 aromatic rings. The average Bonchev–Trinajstić information content (AvgIpc) is 2.75. The van der Waals surface area contributed by atoms with Crippen LogP contribution in [0.5, 0.6) is 5.75 Å². The van der Waals surface area contributed by atoms with Gasteiger partial charge >= 0.3 is 0 Å². The van der Waals surface area contributed by atoms with Crippen molar-refractivity contribution in [3.8, 4) is 5.75 Å². The third-order valence-corrected chi connectivity index (χ3v) is 7.16. The Bertz CT molecular complexity index is 1300. The Morgan fingerprint density at radius 3 is 2.44 bits per heavy atom. The summed E-state index contributed by atoms with van der Waals surface area (Å²) in [5.41, 5.74) is 2.40. The number of carbonyl (C=O) groups is 1. The highest BCUT2D eigenvalue weighted by Gasteiger charge is 2.37. The van der Waals surface area contributed by atoms with E-state index in [1.807, 2.05) is 13.8 Å². The summed E-state index contributed by atoms with van der Waals surface area (Å²) < 4.78 is 47.3. The van der Waals surface area contributed by atoms with Crippen LogP contribution in [-0.2, 0) is 14.8 Å². The van der Waals surface area contributed by atoms with Crippen molar-refractivity contribution in [1.29, 1.82) is 0 Å². The van der Waals surface area contributed by atoms with E-state index in [-0.39, 0.29) is 27.9 Å². The fourth-order valence-corrected chi connectivity index (χ4v) is 5.02. The number of hydrogen-bond acceptors (Lipinski definition) is 4. The number of nitrogens with one attached hydrogen (secondary N) is 1. The summed E-state index contributed by atoms with van der Waals surface area (Å²) in [4.78, 5) is 13.0. The molecule has 1 heterocycles. The van der Waals surface area contributed by atoms with Gasteiger partial charge in [0.2, 0.25) is 0 Å². The maximum atomic E-state index is 13.4. The van der Waals surface area contributed by atoms with Crippen LogP contribution >= 0.6 is 11.6 Å². The van der Waals surface area contributed by atoms with Gasteiger partial charge in [0.15, 0.2) is 6.10 Å². The van der Waals surface area contributed by atoms with Gasteiger partial charge in [0, 0.05) is 5.69 Å². The van der Waals surface area contributed by atoms with Crippen LogP contribution in [0, 0.1) is 19.7 Å². The monoisotopic (exact) mass is 474 g/mol. The molecule has 0 saturated heterocycles. The summed E-state index contributed by atoms with van der Waals surface area (Å²) in [7, 11) is -3.95. The van der Waals surface area contributed by atoms with E-state index in [1.54, 1.807) is 30.3 Å². The minimum Gasteiger partial charge on any atom is -0.476 e. The van der Waals surface area contributed by atoms with Gasteiger partial charge in [-0.3, -0.25) is 9.10 Å². The molecule has 1 amide bonds. The van der Waals surface area contributed by atoms with Gasteiger partial charge in [-0.1, -0.05) is 35.4 Å². The molecular formula is C23H20ClFN2O4S. The Morgan fingerprint density at radius 2 is 1.75 bits per heavy atom. The van der Waals surface area contributed by atoms with Crippen LogP contribution in [0.1, 0.15) is 11.1 Å². The van der Waals surface area contributed by atoms with Crippen molar-refractivity contribution in [3.63, 3.8) is 0 Å². The van der Waals surface area contributed by atoms with Crippen LogP contribution in [0.3, 0.4) is 0 Å². The molecule has 0 unspecified atom stereocenters. The van der Waals surface area contributed by atoms with Crippen molar-refractivity contribution in [2.45, 2.75) is 24.8 Å². The van der Waals surface area contributed by atoms with Crippen molar-refractivity contribution in [3.05, 3.63) is 82.6 Å². The number of benzene rings is 3. The number of ether oxygens (including phenoxy) is 1. The molecule has 9 heteroatoms. The Labute approximate surface area is 190 Å². The Hall–Kier alpha value is -3.10. The van der Waals surface area contributed by atoms with E-state index in [9.17, 15) is 17.6 Å². The van der Waals surface area contributed by atoms with Gasteiger partial charge in [-0.2, -0.15) is 0 Å². The molecule has 1 atom stereocenters. The number of hydrogen-bond donors (Lipinski definition) is 1. The standard InChI is InChI=1S/C23H20ClFN2O4S/c1-14-3-7-17(8-4-14)32(29,30)27-13-22(31-21-11-15(2)5-10-20(21)27)23(28)26-16-6-9-19(25)18(24)12-16/h3-12,22H,13H2,1-2H3,(H,26,28)/t22-/m1/s1. The number of carbonyl (C=O) groups excluding carboxylic acids is 1. The van der Waals surface area contributed by atoms with E-state index in [2.05, 4.69) is 5.32 Å². The van der Waals surface area contributed by atoms with Crippen molar-refractivity contribution >= 4 is 38.9 Å². The second-order valence-electron chi connectivity index (χ2n) is 7.55. The first kappa shape index (κ1) is 22.1. The van der Waals surface area contributed by atoms with E-state index in [1.165, 1.54) is 28.6 Å². The molecule has 0 aliphatic carbocycles. The van der Waals surface area contributed by atoms with Gasteiger partial charge in [0.1, 0.15) is 11.6 Å². The quantitative estimate of drug-likeness (QED) is 0.595. The van der Waals surface area contributed by atoms with Crippen molar-refractivity contribution in [2.24, 2.45) is 0 Å². The lowest BCUT2D eigenvalue weighted by Gasteiger charge is -2.35. The molecule has 0 bridgehead atoms. The number of halogens is 2. The van der Waals surface area contributed by atoms with Crippen LogP contribution in [0.2, 0.25) is 5.02 Å². The average molecular weight is 475 g/mol. The fraction of sp³-hybridized carbons (Fsp3) is 0.174. The van der Waals surface area contributed by atoms with Crippen LogP contribution in [0.25, 0.3) is 0 Å². The molecule has 4 rings (SSSR count). The highest BCUT2D eigenvalue weighted by molar-refractivity contribution is 7.92. The summed E-state index contributed by atoms with van der Waals surface area (Å²) in [5.74, 6) is -0.911. The molecule has 1 aliphatic rings. The summed E-state index contributed by atoms with van der Waals surface area (Å²) in [6, 6.07) is 15.4. The number of sulfonamides is 1. The van der Waals surface area contributed by atoms with E-state index in [0.717, 1.165) is 17.2 Å². The highest BCUT2D eigenvalue weighted by Crippen LogP contribution is 2.38. The van der Waals surface area contributed by atoms with Crippen LogP contribution in [0.15, 0.2) is 65.6 Å². The molecule has 6 nitrogen and oxygen atoms in total. The summed E-state index contributed by atoms with van der Waals surface area (Å²) in [6.07, 6.45) is -1.13. The highest BCUT2D eigenvalue weighted by atomic mass is 35.5. The van der Waals surface area contributed by atoms with E-state index in [0.29, 0.717) is 5.69 Å². The van der Waals surface area contributed by atoms with Crippen molar-refractivity contribution in [1.82, 2.24) is 0 Å². The second-order valence-corrected chi connectivity index (χ2v) is 9.81. The second kappa shape index (κ2) is 8.44. The first-order chi connectivity index (χ1) is 15.1. The van der Waals surface area contributed by atoms with Crippen LogP contribution < -0.4 is 14.4 Å². The molecule has 3 aromatic carbocycles. The van der Waals surface area contributed by atoms with E-state index in [4.69, 9.17) is 16.3 Å². The largest absolute Gasteiger partial charge is 0.476 e. The Morgan fingerprint density at radius 1 is 1.06 bits per heavy atom. The topological polar surface area (TPSA) is 75.7 Å². The van der Waals surface area contributed by atoms with Crippen LogP contribution in [-0.4, -0.2) is 27.0 Å². The molecule has 0 fully saturated rings. The molecule has 0 spiro atoms. The number of fused-ring (bicyclic) bond motifs is 1. The Balaban J connectivity index is 1.69. The van der Waals surface area contributed by atoms with Crippen molar-refractivity contribution in [2.75, 3.05) is 16.2 Å². The number of rotatable bonds is 4. The predicted molar refractivity (Wildman–Crippen MR) is 121 cm³/mol. The Kier molecular flexibility index (Phi) is 5.83. The van der Waals surface area contributed by atoms with Crippen LogP contribution in [0.4, 0.5) is 15.8 Å². The van der Waals surface area contributed by atoms with Gasteiger partial charge in [-0.05, 0) is 61.9 Å². The zero-order valence-electron chi connectivity index (χ0n) is 17.3. The number of anilines is 2. The molecule has 166 valence electrons. The maximum Gasteiger partial charge on any atom is 0.267 e. The zero-order valence-corrected chi connectivity index (χ0v) is 18.9. The lowest BCUT2D eigenvalue weighted by atomic mass is 10.1. The van der Waals surface area contributed by atoms with Gasteiger partial charge in [0.05, 0.1) is 22.2 Å². The third-order valence-electron chi connectivity index (χ3n) is 5.07. The molecule has 0 saturated carbocycles. The normalized spacial score (nSPS) is 15.6. The molecular weight excluding hydrogens is 455 g/mol. The first-order valence-electron chi connectivity index (χ1n) is 9.78. The maximum absolute atomic E-state index is 13.4. The molecule has 0 aromatic heterocycles. The molecule has 0 radical (unpaired) electrons. The predicted octanol–water partition coefficient (Wildman–Crippen LogP) is 4.69. The number of aryl methyl sites for hydroxylation is 2. The fourth-order valence-electron chi connectivity index (χ4n) is 3.36. The van der Waals surface area contributed by atoms with E-state index < -0.39 is 27.9 Å². The molecule has 1 aliphatic heterocycles. The van der Waals surface area contributed by atoms with E-state index >= 15 is 0 Å². The third kappa shape index (κ3) is 4.28.